The Labute approximate surface area is 202 Å². The highest BCUT2D eigenvalue weighted by Crippen LogP contribution is 2.27. The molecule has 7 nitrogen and oxygen atoms in total. The van der Waals surface area contributed by atoms with Gasteiger partial charge < -0.3 is 14.5 Å². The third kappa shape index (κ3) is 5.34. The maximum atomic E-state index is 13.3. The molecular weight excluding hydrogens is 450 g/mol. The number of nitrogens with zero attached hydrogens (tertiary/aromatic N) is 2. The van der Waals surface area contributed by atoms with Gasteiger partial charge >= 0.3 is 0 Å². The number of nitrogens with one attached hydrogen (secondary N) is 1. The van der Waals surface area contributed by atoms with Crippen molar-refractivity contribution in [2.24, 2.45) is 0 Å². The maximum Gasteiger partial charge on any atom is 0.297 e. The number of fused-ring (bicyclic) bond motifs is 3. The van der Waals surface area contributed by atoms with Gasteiger partial charge in [-0.05, 0) is 69.5 Å². The van der Waals surface area contributed by atoms with Crippen molar-refractivity contribution in [2.45, 2.75) is 51.9 Å². The SMILES string of the molecule is Cc1ccc(NC(=O)CSc2nc3c(oc4ccccc43)c(=O)n2CCCOC(C)C)cc1C. The molecule has 0 aliphatic rings. The summed E-state index contributed by atoms with van der Waals surface area (Å²) >= 11 is 1.24. The molecule has 0 saturated heterocycles. The number of carbonyl (C=O) groups is 1. The van der Waals surface area contributed by atoms with E-state index in [1.54, 1.807) is 4.57 Å². The summed E-state index contributed by atoms with van der Waals surface area (Å²) in [6.07, 6.45) is 0.768. The van der Waals surface area contributed by atoms with Crippen LogP contribution in [0.5, 0.6) is 0 Å². The first-order chi connectivity index (χ1) is 16.3. The Morgan fingerprint density at radius 1 is 1.18 bits per heavy atom. The summed E-state index contributed by atoms with van der Waals surface area (Å²) in [6, 6.07) is 13.3. The predicted molar refractivity (Wildman–Crippen MR) is 137 cm³/mol. The van der Waals surface area contributed by atoms with Gasteiger partial charge in [0.05, 0.1) is 11.9 Å². The molecule has 34 heavy (non-hydrogen) atoms. The Kier molecular flexibility index (Phi) is 7.38. The van der Waals surface area contributed by atoms with Crippen molar-refractivity contribution in [3.63, 3.8) is 0 Å². The lowest BCUT2D eigenvalue weighted by atomic mass is 10.1. The molecule has 8 heteroatoms. The molecule has 2 aromatic heterocycles. The number of rotatable bonds is 9. The summed E-state index contributed by atoms with van der Waals surface area (Å²) in [7, 11) is 0. The number of ether oxygens (including phenoxy) is 1. The lowest BCUT2D eigenvalue weighted by Gasteiger charge is -2.13. The maximum absolute atomic E-state index is 13.3. The molecule has 0 bridgehead atoms. The quantitative estimate of drug-likeness (QED) is 0.199. The number of para-hydroxylation sites is 1. The molecule has 0 spiro atoms. The van der Waals surface area contributed by atoms with E-state index in [0.29, 0.717) is 35.8 Å². The molecule has 0 aliphatic heterocycles. The first-order valence-corrected chi connectivity index (χ1v) is 12.4. The summed E-state index contributed by atoms with van der Waals surface area (Å²) in [5.41, 5.74) is 4.15. The minimum atomic E-state index is -0.247. The zero-order valence-corrected chi connectivity index (χ0v) is 20.7. The van der Waals surface area contributed by atoms with Crippen LogP contribution in [0.3, 0.4) is 0 Å². The van der Waals surface area contributed by atoms with Crippen LogP contribution in [0.1, 0.15) is 31.4 Å². The number of hydrogen-bond acceptors (Lipinski definition) is 6. The summed E-state index contributed by atoms with van der Waals surface area (Å²) in [5, 5.41) is 4.20. The van der Waals surface area contributed by atoms with Gasteiger partial charge in [-0.1, -0.05) is 30.0 Å². The third-order valence-electron chi connectivity index (χ3n) is 5.55. The Morgan fingerprint density at radius 3 is 2.74 bits per heavy atom. The fourth-order valence-corrected chi connectivity index (χ4v) is 4.47. The van der Waals surface area contributed by atoms with Gasteiger partial charge in [-0.3, -0.25) is 14.2 Å². The number of furan rings is 1. The number of carbonyl (C=O) groups excluding carboxylic acids is 1. The minimum Gasteiger partial charge on any atom is -0.448 e. The molecule has 0 saturated carbocycles. The van der Waals surface area contributed by atoms with Crippen molar-refractivity contribution in [1.82, 2.24) is 9.55 Å². The molecule has 2 heterocycles. The predicted octanol–water partition coefficient (Wildman–Crippen LogP) is 5.31. The Hall–Kier alpha value is -3.10. The Morgan fingerprint density at radius 2 is 1.97 bits per heavy atom. The zero-order valence-electron chi connectivity index (χ0n) is 19.9. The second-order valence-electron chi connectivity index (χ2n) is 8.54. The molecule has 4 rings (SSSR count). The average Bonchev–Trinajstić information content (AvgIpc) is 3.18. The van der Waals surface area contributed by atoms with Gasteiger partial charge in [0.15, 0.2) is 5.16 Å². The molecule has 178 valence electrons. The van der Waals surface area contributed by atoms with E-state index in [-0.39, 0.29) is 28.9 Å². The van der Waals surface area contributed by atoms with Crippen LogP contribution < -0.4 is 10.9 Å². The smallest absolute Gasteiger partial charge is 0.297 e. The molecule has 0 fully saturated rings. The largest absolute Gasteiger partial charge is 0.448 e. The van der Waals surface area contributed by atoms with E-state index < -0.39 is 0 Å². The Balaban J connectivity index is 1.59. The summed E-state index contributed by atoms with van der Waals surface area (Å²) in [5.74, 6) is -0.0299. The fourth-order valence-electron chi connectivity index (χ4n) is 3.65. The number of amides is 1. The van der Waals surface area contributed by atoms with Gasteiger partial charge in [-0.2, -0.15) is 0 Å². The van der Waals surface area contributed by atoms with Crippen molar-refractivity contribution in [3.8, 4) is 0 Å². The average molecular weight is 480 g/mol. The van der Waals surface area contributed by atoms with Gasteiger partial charge in [-0.25, -0.2) is 4.98 Å². The fraction of sp³-hybridized carbons (Fsp3) is 0.346. The lowest BCUT2D eigenvalue weighted by molar-refractivity contribution is -0.113. The highest BCUT2D eigenvalue weighted by Gasteiger charge is 2.18. The number of hydrogen-bond donors (Lipinski definition) is 1. The van der Waals surface area contributed by atoms with Crippen molar-refractivity contribution in [2.75, 3.05) is 17.7 Å². The van der Waals surface area contributed by atoms with Crippen molar-refractivity contribution in [1.29, 1.82) is 0 Å². The van der Waals surface area contributed by atoms with E-state index in [0.717, 1.165) is 16.6 Å². The molecule has 4 aromatic rings. The second kappa shape index (κ2) is 10.4. The van der Waals surface area contributed by atoms with Crippen molar-refractivity contribution >= 4 is 45.4 Å². The van der Waals surface area contributed by atoms with Crippen LogP contribution in [-0.2, 0) is 16.1 Å². The van der Waals surface area contributed by atoms with E-state index in [4.69, 9.17) is 14.1 Å². The minimum absolute atomic E-state index is 0.121. The standard InChI is InChI=1S/C26H29N3O4S/c1-16(2)32-13-7-12-29-25(31)24-23(20-8-5-6-9-21(20)33-24)28-26(29)34-15-22(30)27-19-11-10-17(3)18(4)14-19/h5-6,8-11,14,16H,7,12-13,15H2,1-4H3,(H,27,30). The van der Waals surface area contributed by atoms with Gasteiger partial charge in [0.25, 0.3) is 5.56 Å². The number of thioether (sulfide) groups is 1. The van der Waals surface area contributed by atoms with Crippen LogP contribution in [0, 0.1) is 13.8 Å². The summed E-state index contributed by atoms with van der Waals surface area (Å²) < 4.78 is 13.1. The van der Waals surface area contributed by atoms with Crippen LogP contribution in [0.4, 0.5) is 5.69 Å². The second-order valence-corrected chi connectivity index (χ2v) is 9.48. The molecule has 0 radical (unpaired) electrons. The molecule has 0 aliphatic carbocycles. The van der Waals surface area contributed by atoms with Crippen LogP contribution in [0.2, 0.25) is 0 Å². The number of aromatic nitrogens is 2. The van der Waals surface area contributed by atoms with Gasteiger partial charge in [0.1, 0.15) is 11.1 Å². The van der Waals surface area contributed by atoms with Crippen LogP contribution in [0.15, 0.2) is 56.8 Å². The summed E-state index contributed by atoms with van der Waals surface area (Å²) in [4.78, 5) is 30.7. The number of aryl methyl sites for hydroxylation is 2. The number of benzene rings is 2. The van der Waals surface area contributed by atoms with E-state index in [9.17, 15) is 9.59 Å². The highest BCUT2D eigenvalue weighted by molar-refractivity contribution is 7.99. The molecule has 1 amide bonds. The lowest BCUT2D eigenvalue weighted by Crippen LogP contribution is -2.24. The zero-order chi connectivity index (χ0) is 24.2. The topological polar surface area (TPSA) is 86.4 Å². The van der Waals surface area contributed by atoms with E-state index in [1.165, 1.54) is 17.3 Å². The first kappa shape index (κ1) is 24.0. The van der Waals surface area contributed by atoms with E-state index in [1.807, 2.05) is 70.2 Å². The first-order valence-electron chi connectivity index (χ1n) is 11.4. The molecule has 0 unspecified atom stereocenters. The van der Waals surface area contributed by atoms with Gasteiger partial charge in [0.2, 0.25) is 11.5 Å². The van der Waals surface area contributed by atoms with E-state index >= 15 is 0 Å². The van der Waals surface area contributed by atoms with Crippen LogP contribution in [0.25, 0.3) is 22.1 Å². The molecular formula is C26H29N3O4S. The van der Waals surface area contributed by atoms with Gasteiger partial charge in [0, 0.05) is 24.2 Å². The molecule has 1 N–H and O–H groups in total. The molecule has 2 aromatic carbocycles. The Bertz CT molecular complexity index is 1390. The number of anilines is 1. The van der Waals surface area contributed by atoms with Crippen LogP contribution in [-0.4, -0.2) is 33.9 Å². The van der Waals surface area contributed by atoms with Gasteiger partial charge in [-0.15, -0.1) is 0 Å². The highest BCUT2D eigenvalue weighted by atomic mass is 32.2. The van der Waals surface area contributed by atoms with Crippen molar-refractivity contribution < 1.29 is 13.9 Å². The van der Waals surface area contributed by atoms with E-state index in [2.05, 4.69) is 5.32 Å². The summed E-state index contributed by atoms with van der Waals surface area (Å²) in [6.45, 7) is 8.94. The van der Waals surface area contributed by atoms with Crippen LogP contribution >= 0.6 is 11.8 Å². The molecule has 0 atom stereocenters. The third-order valence-corrected chi connectivity index (χ3v) is 6.52. The van der Waals surface area contributed by atoms with Crippen molar-refractivity contribution in [3.05, 3.63) is 63.9 Å². The normalized spacial score (nSPS) is 11.6. The monoisotopic (exact) mass is 479 g/mol.